The highest BCUT2D eigenvalue weighted by molar-refractivity contribution is 9.10. The van der Waals surface area contributed by atoms with E-state index in [9.17, 15) is 9.59 Å². The van der Waals surface area contributed by atoms with Crippen LogP contribution in [0.2, 0.25) is 0 Å². The molecule has 3 rings (SSSR count). The monoisotopic (exact) mass is 542 g/mol. The van der Waals surface area contributed by atoms with E-state index in [0.29, 0.717) is 25.2 Å². The Labute approximate surface area is 219 Å². The van der Waals surface area contributed by atoms with Gasteiger partial charge in [0, 0.05) is 35.7 Å². The molecule has 35 heavy (non-hydrogen) atoms. The molecule has 0 aliphatic carbocycles. The van der Waals surface area contributed by atoms with Crippen molar-refractivity contribution in [1.82, 2.24) is 9.80 Å². The van der Waals surface area contributed by atoms with Gasteiger partial charge in [0.1, 0.15) is 5.60 Å². The predicted octanol–water partition coefficient (Wildman–Crippen LogP) is 7.22. The van der Waals surface area contributed by atoms with Crippen LogP contribution in [0.5, 0.6) is 0 Å². The van der Waals surface area contributed by atoms with Crippen molar-refractivity contribution in [3.8, 4) is 0 Å². The fraction of sp³-hybridized carbons (Fsp3) is 0.517. The van der Waals surface area contributed by atoms with Gasteiger partial charge in [0.15, 0.2) is 0 Å². The molecule has 1 aliphatic rings. The van der Waals surface area contributed by atoms with Crippen LogP contribution in [0.3, 0.4) is 0 Å². The van der Waals surface area contributed by atoms with Gasteiger partial charge in [-0.2, -0.15) is 0 Å². The van der Waals surface area contributed by atoms with E-state index in [1.165, 1.54) is 24.8 Å². The third kappa shape index (κ3) is 8.38. The smallest absolute Gasteiger partial charge is 0.410 e. The lowest BCUT2D eigenvalue weighted by molar-refractivity contribution is 0.0141. The third-order valence-corrected chi connectivity index (χ3v) is 6.82. The molecule has 0 atom stereocenters. The van der Waals surface area contributed by atoms with Gasteiger partial charge in [-0.15, -0.1) is 0 Å². The van der Waals surface area contributed by atoms with E-state index in [1.807, 2.05) is 49.9 Å². The Hall–Kier alpha value is -2.34. The van der Waals surface area contributed by atoms with Crippen LogP contribution >= 0.6 is 15.9 Å². The highest BCUT2D eigenvalue weighted by Crippen LogP contribution is 2.24. The highest BCUT2D eigenvalue weighted by atomic mass is 79.9. The van der Waals surface area contributed by atoms with Crippen LogP contribution in [0.25, 0.3) is 0 Å². The summed E-state index contributed by atoms with van der Waals surface area (Å²) < 4.78 is 6.54. The van der Waals surface area contributed by atoms with Crippen molar-refractivity contribution in [2.24, 2.45) is 0 Å². The van der Waals surface area contributed by atoms with Crippen LogP contribution in [0.4, 0.5) is 4.79 Å². The molecule has 2 aromatic carbocycles. The molecule has 6 heteroatoms. The van der Waals surface area contributed by atoms with Gasteiger partial charge in [0.05, 0.1) is 0 Å². The summed E-state index contributed by atoms with van der Waals surface area (Å²) in [5, 5.41) is 0. The molecule has 2 aromatic rings. The minimum atomic E-state index is -0.515. The minimum Gasteiger partial charge on any atom is -0.444 e. The van der Waals surface area contributed by atoms with Crippen molar-refractivity contribution in [3.05, 3.63) is 69.7 Å². The second-order valence-corrected chi connectivity index (χ2v) is 11.3. The van der Waals surface area contributed by atoms with E-state index >= 15 is 0 Å². The summed E-state index contributed by atoms with van der Waals surface area (Å²) in [6.45, 7) is 9.55. The fourth-order valence-corrected chi connectivity index (χ4v) is 4.89. The van der Waals surface area contributed by atoms with Gasteiger partial charge in [-0.3, -0.25) is 4.79 Å². The third-order valence-electron chi connectivity index (χ3n) is 6.33. The van der Waals surface area contributed by atoms with Crippen LogP contribution in [0.15, 0.2) is 53.0 Å². The lowest BCUT2D eigenvalue weighted by atomic mass is 10.00. The molecule has 5 nitrogen and oxygen atoms in total. The van der Waals surface area contributed by atoms with Crippen LogP contribution in [0.1, 0.15) is 81.3 Å². The molecule has 0 saturated carbocycles. The molecule has 0 unspecified atom stereocenters. The Morgan fingerprint density at radius 2 is 1.71 bits per heavy atom. The van der Waals surface area contributed by atoms with Crippen LogP contribution < -0.4 is 0 Å². The second-order valence-electron chi connectivity index (χ2n) is 10.4. The summed E-state index contributed by atoms with van der Waals surface area (Å²) in [6, 6.07) is 16.3. The molecule has 2 amide bonds. The summed E-state index contributed by atoms with van der Waals surface area (Å²) in [7, 11) is 0. The number of hydrogen-bond acceptors (Lipinski definition) is 3. The zero-order valence-corrected chi connectivity index (χ0v) is 23.1. The van der Waals surface area contributed by atoms with Crippen LogP contribution in [-0.4, -0.2) is 46.5 Å². The Kier molecular flexibility index (Phi) is 9.79. The van der Waals surface area contributed by atoms with Crippen molar-refractivity contribution >= 4 is 27.9 Å². The molecule has 1 aliphatic heterocycles. The predicted molar refractivity (Wildman–Crippen MR) is 145 cm³/mol. The maximum absolute atomic E-state index is 13.7. The molecule has 0 N–H and O–H groups in total. The number of hydrogen-bond donors (Lipinski definition) is 0. The van der Waals surface area contributed by atoms with Crippen LogP contribution in [0, 0.1) is 0 Å². The SMILES string of the molecule is CCCCCc1ccc(C(=O)N(Cc2cccc(Br)c2)C2CCN(C(=O)OC(C)(C)C)CC2)cc1. The van der Waals surface area contributed by atoms with Crippen molar-refractivity contribution in [2.75, 3.05) is 13.1 Å². The van der Waals surface area contributed by atoms with Crippen molar-refractivity contribution < 1.29 is 14.3 Å². The Morgan fingerprint density at radius 3 is 2.31 bits per heavy atom. The topological polar surface area (TPSA) is 49.9 Å². The number of likely N-dealkylation sites (tertiary alicyclic amines) is 1. The molecule has 0 bridgehead atoms. The molecule has 0 spiro atoms. The maximum Gasteiger partial charge on any atom is 0.410 e. The summed E-state index contributed by atoms with van der Waals surface area (Å²) in [5.41, 5.74) is 2.56. The first kappa shape index (κ1) is 27.3. The molecule has 1 saturated heterocycles. The van der Waals surface area contributed by atoms with Gasteiger partial charge < -0.3 is 14.5 Å². The minimum absolute atomic E-state index is 0.0424. The Balaban J connectivity index is 1.73. The first-order valence-electron chi connectivity index (χ1n) is 12.8. The zero-order valence-electron chi connectivity index (χ0n) is 21.6. The van der Waals surface area contributed by atoms with E-state index in [1.54, 1.807) is 4.90 Å². The number of ether oxygens (including phenoxy) is 1. The number of benzene rings is 2. The summed E-state index contributed by atoms with van der Waals surface area (Å²) in [4.78, 5) is 30.0. The summed E-state index contributed by atoms with van der Waals surface area (Å²) >= 11 is 3.55. The van der Waals surface area contributed by atoms with Gasteiger partial charge in [-0.1, -0.05) is 60.0 Å². The molecule has 190 valence electrons. The second kappa shape index (κ2) is 12.6. The van der Waals surface area contributed by atoms with E-state index in [2.05, 4.69) is 47.1 Å². The van der Waals surface area contributed by atoms with Gasteiger partial charge in [-0.05, 0) is 81.8 Å². The number of aryl methyl sites for hydroxylation is 1. The number of nitrogens with zero attached hydrogens (tertiary/aromatic N) is 2. The lowest BCUT2D eigenvalue weighted by Gasteiger charge is -2.39. The molecule has 1 heterocycles. The zero-order chi connectivity index (χ0) is 25.4. The molecular weight excluding hydrogens is 504 g/mol. The Morgan fingerprint density at radius 1 is 1.03 bits per heavy atom. The fourth-order valence-electron chi connectivity index (χ4n) is 4.44. The van der Waals surface area contributed by atoms with Gasteiger partial charge in [0.2, 0.25) is 0 Å². The molecular formula is C29H39BrN2O3. The number of piperidine rings is 1. The number of amides is 2. The largest absolute Gasteiger partial charge is 0.444 e. The maximum atomic E-state index is 13.7. The van der Waals surface area contributed by atoms with E-state index in [4.69, 9.17) is 4.74 Å². The normalized spacial score (nSPS) is 14.6. The lowest BCUT2D eigenvalue weighted by Crippen LogP contribution is -2.49. The average Bonchev–Trinajstić information content (AvgIpc) is 2.82. The number of unbranched alkanes of at least 4 members (excludes halogenated alkanes) is 2. The number of halogens is 1. The summed E-state index contributed by atoms with van der Waals surface area (Å²) in [6.07, 6.45) is 5.83. The average molecular weight is 544 g/mol. The first-order chi connectivity index (χ1) is 16.7. The molecule has 1 fully saturated rings. The standard InChI is InChI=1S/C29H39BrN2O3/c1-5-6-7-9-22-12-14-24(15-13-22)27(33)32(21-23-10-8-11-25(30)20-23)26-16-18-31(19-17-26)28(34)35-29(2,3)4/h8,10-15,20,26H,5-7,9,16-19,21H2,1-4H3. The Bertz CT molecular complexity index is 976. The quantitative estimate of drug-likeness (QED) is 0.330. The van der Waals surface area contributed by atoms with Gasteiger partial charge >= 0.3 is 6.09 Å². The van der Waals surface area contributed by atoms with E-state index < -0.39 is 5.60 Å². The molecule has 0 aromatic heterocycles. The number of carbonyl (C=O) groups excluding carboxylic acids is 2. The summed E-state index contributed by atoms with van der Waals surface area (Å²) in [5.74, 6) is 0.0424. The first-order valence-corrected chi connectivity index (χ1v) is 13.6. The van der Waals surface area contributed by atoms with Gasteiger partial charge in [0.25, 0.3) is 5.91 Å². The molecule has 0 radical (unpaired) electrons. The number of rotatable bonds is 8. The van der Waals surface area contributed by atoms with Crippen molar-refractivity contribution in [3.63, 3.8) is 0 Å². The van der Waals surface area contributed by atoms with Crippen LogP contribution in [-0.2, 0) is 17.7 Å². The van der Waals surface area contributed by atoms with Crippen molar-refractivity contribution in [2.45, 2.75) is 84.4 Å². The van der Waals surface area contributed by atoms with E-state index in [0.717, 1.165) is 29.3 Å². The van der Waals surface area contributed by atoms with Crippen molar-refractivity contribution in [1.29, 1.82) is 0 Å². The highest BCUT2D eigenvalue weighted by Gasteiger charge is 2.32. The van der Waals surface area contributed by atoms with Gasteiger partial charge in [-0.25, -0.2) is 4.79 Å². The number of carbonyl (C=O) groups is 2. The van der Waals surface area contributed by atoms with E-state index in [-0.39, 0.29) is 18.0 Å².